The number of aromatic nitrogens is 3. The van der Waals surface area contributed by atoms with Crippen LogP contribution >= 0.6 is 11.8 Å². The summed E-state index contributed by atoms with van der Waals surface area (Å²) in [6.45, 7) is 8.95. The van der Waals surface area contributed by atoms with E-state index in [2.05, 4.69) is 42.9 Å². The number of aromatic amines is 1. The third-order valence-corrected chi connectivity index (χ3v) is 2.51. The lowest BCUT2D eigenvalue weighted by Crippen LogP contribution is -2.20. The molecule has 0 aliphatic carbocycles. The Balaban J connectivity index is 2.20. The molecule has 1 aromatic rings. The molecule has 15 heavy (non-hydrogen) atoms. The molecule has 0 atom stereocenters. The molecule has 0 aromatic carbocycles. The standard InChI is InChI=1S/C10H19N3OS/c1-5-8-11-9(13-12-8)15-7-6-14-10(2,3)4/h5-7H2,1-4H3,(H,11,12,13). The van der Waals surface area contributed by atoms with Crippen LogP contribution in [0.3, 0.4) is 0 Å². The zero-order chi connectivity index (χ0) is 11.3. The number of hydrogen-bond donors (Lipinski definition) is 1. The highest BCUT2D eigenvalue weighted by atomic mass is 32.2. The molecule has 5 heteroatoms. The van der Waals surface area contributed by atoms with E-state index in [0.717, 1.165) is 29.8 Å². The van der Waals surface area contributed by atoms with Gasteiger partial charge in [-0.15, -0.1) is 5.10 Å². The number of hydrogen-bond acceptors (Lipinski definition) is 4. The Morgan fingerprint density at radius 2 is 2.13 bits per heavy atom. The monoisotopic (exact) mass is 229 g/mol. The van der Waals surface area contributed by atoms with Gasteiger partial charge in [0, 0.05) is 12.2 Å². The van der Waals surface area contributed by atoms with Crippen molar-refractivity contribution in [3.05, 3.63) is 5.82 Å². The molecular weight excluding hydrogens is 210 g/mol. The number of H-pyrrole nitrogens is 1. The predicted octanol–water partition coefficient (Wildman–Crippen LogP) is 2.27. The van der Waals surface area contributed by atoms with Gasteiger partial charge in [-0.3, -0.25) is 5.10 Å². The summed E-state index contributed by atoms with van der Waals surface area (Å²) in [7, 11) is 0. The van der Waals surface area contributed by atoms with Crippen LogP contribution in [0.2, 0.25) is 0 Å². The van der Waals surface area contributed by atoms with Crippen molar-refractivity contribution < 1.29 is 4.74 Å². The maximum absolute atomic E-state index is 5.60. The summed E-state index contributed by atoms with van der Waals surface area (Å²) in [6.07, 6.45) is 0.895. The first-order valence-electron chi connectivity index (χ1n) is 5.19. The van der Waals surface area contributed by atoms with E-state index in [4.69, 9.17) is 4.74 Å². The molecule has 1 aromatic heterocycles. The average molecular weight is 229 g/mol. The molecule has 0 aliphatic heterocycles. The fourth-order valence-electron chi connectivity index (χ4n) is 0.981. The number of nitrogens with one attached hydrogen (secondary N) is 1. The minimum Gasteiger partial charge on any atom is -0.375 e. The van der Waals surface area contributed by atoms with E-state index in [1.54, 1.807) is 11.8 Å². The van der Waals surface area contributed by atoms with Crippen molar-refractivity contribution in [3.63, 3.8) is 0 Å². The van der Waals surface area contributed by atoms with Gasteiger partial charge in [0.2, 0.25) is 5.16 Å². The van der Waals surface area contributed by atoms with Gasteiger partial charge in [-0.1, -0.05) is 18.7 Å². The third kappa shape index (κ3) is 5.18. The Morgan fingerprint density at radius 3 is 2.67 bits per heavy atom. The van der Waals surface area contributed by atoms with Gasteiger partial charge >= 0.3 is 0 Å². The van der Waals surface area contributed by atoms with Crippen LogP contribution < -0.4 is 0 Å². The largest absolute Gasteiger partial charge is 0.375 e. The van der Waals surface area contributed by atoms with Crippen LogP contribution in [0.1, 0.15) is 33.5 Å². The van der Waals surface area contributed by atoms with Gasteiger partial charge < -0.3 is 4.74 Å². The number of ether oxygens (including phenoxy) is 1. The summed E-state index contributed by atoms with van der Waals surface area (Å²) in [6, 6.07) is 0. The molecule has 0 spiro atoms. The highest BCUT2D eigenvalue weighted by Crippen LogP contribution is 2.14. The third-order valence-electron chi connectivity index (χ3n) is 1.70. The molecular formula is C10H19N3OS. The smallest absolute Gasteiger partial charge is 0.208 e. The number of rotatable bonds is 5. The number of thioether (sulfide) groups is 1. The van der Waals surface area contributed by atoms with E-state index in [9.17, 15) is 0 Å². The summed E-state index contributed by atoms with van der Waals surface area (Å²) in [5.41, 5.74) is -0.0614. The molecule has 0 radical (unpaired) electrons. The van der Waals surface area contributed by atoms with E-state index < -0.39 is 0 Å². The van der Waals surface area contributed by atoms with Crippen molar-refractivity contribution in [2.75, 3.05) is 12.4 Å². The predicted molar refractivity (Wildman–Crippen MR) is 62.2 cm³/mol. The molecule has 0 saturated carbocycles. The van der Waals surface area contributed by atoms with E-state index >= 15 is 0 Å². The average Bonchev–Trinajstić information content (AvgIpc) is 2.59. The molecule has 0 saturated heterocycles. The van der Waals surface area contributed by atoms with E-state index in [1.165, 1.54) is 0 Å². The van der Waals surface area contributed by atoms with Gasteiger partial charge in [0.25, 0.3) is 0 Å². The first kappa shape index (κ1) is 12.5. The summed E-state index contributed by atoms with van der Waals surface area (Å²) < 4.78 is 5.60. The van der Waals surface area contributed by atoms with Crippen molar-refractivity contribution in [3.8, 4) is 0 Å². The van der Waals surface area contributed by atoms with Crippen LogP contribution in [-0.4, -0.2) is 33.1 Å². The molecule has 0 fully saturated rings. The Kier molecular flexibility index (Phi) is 4.60. The van der Waals surface area contributed by atoms with Gasteiger partial charge in [0.05, 0.1) is 12.2 Å². The summed E-state index contributed by atoms with van der Waals surface area (Å²) >= 11 is 1.62. The maximum Gasteiger partial charge on any atom is 0.208 e. The highest BCUT2D eigenvalue weighted by molar-refractivity contribution is 7.99. The first-order valence-corrected chi connectivity index (χ1v) is 6.18. The lowest BCUT2D eigenvalue weighted by atomic mass is 10.2. The van der Waals surface area contributed by atoms with Crippen LogP contribution in [0, 0.1) is 0 Å². The quantitative estimate of drug-likeness (QED) is 0.621. The fourth-order valence-corrected chi connectivity index (χ4v) is 1.62. The van der Waals surface area contributed by atoms with Gasteiger partial charge in [-0.25, -0.2) is 4.98 Å². The van der Waals surface area contributed by atoms with Crippen LogP contribution in [0.5, 0.6) is 0 Å². The zero-order valence-electron chi connectivity index (χ0n) is 9.83. The normalized spacial score (nSPS) is 12.0. The molecule has 0 amide bonds. The molecule has 0 bridgehead atoms. The van der Waals surface area contributed by atoms with Crippen LogP contribution in [0.15, 0.2) is 5.16 Å². The number of aryl methyl sites for hydroxylation is 1. The topological polar surface area (TPSA) is 50.8 Å². The maximum atomic E-state index is 5.60. The van der Waals surface area contributed by atoms with E-state index in [-0.39, 0.29) is 5.60 Å². The molecule has 86 valence electrons. The summed E-state index contributed by atoms with van der Waals surface area (Å²) in [5.74, 6) is 1.83. The lowest BCUT2D eigenvalue weighted by molar-refractivity contribution is 0.00693. The molecule has 4 nitrogen and oxygen atoms in total. The second-order valence-corrected chi connectivity index (χ2v) is 5.29. The Morgan fingerprint density at radius 1 is 1.40 bits per heavy atom. The van der Waals surface area contributed by atoms with Crippen LogP contribution in [0.25, 0.3) is 0 Å². The van der Waals surface area contributed by atoms with Crippen molar-refractivity contribution in [1.82, 2.24) is 15.2 Å². The molecule has 0 unspecified atom stereocenters. The van der Waals surface area contributed by atoms with Gasteiger partial charge in [-0.2, -0.15) is 0 Å². The molecule has 1 rings (SSSR count). The van der Waals surface area contributed by atoms with Crippen LogP contribution in [-0.2, 0) is 11.2 Å². The number of nitrogens with zero attached hydrogens (tertiary/aromatic N) is 2. The molecule has 1 N–H and O–H groups in total. The lowest BCUT2D eigenvalue weighted by Gasteiger charge is -2.18. The zero-order valence-corrected chi connectivity index (χ0v) is 10.6. The van der Waals surface area contributed by atoms with E-state index in [1.807, 2.05) is 0 Å². The molecule has 0 aliphatic rings. The SMILES string of the molecule is CCc1nc(SCCOC(C)(C)C)n[nH]1. The Labute approximate surface area is 95.2 Å². The Bertz CT molecular complexity index is 293. The minimum absolute atomic E-state index is 0.0614. The van der Waals surface area contributed by atoms with Crippen molar-refractivity contribution in [2.24, 2.45) is 0 Å². The second kappa shape index (κ2) is 5.51. The minimum atomic E-state index is -0.0614. The van der Waals surface area contributed by atoms with Gasteiger partial charge in [0.15, 0.2) is 0 Å². The van der Waals surface area contributed by atoms with Crippen molar-refractivity contribution >= 4 is 11.8 Å². The van der Waals surface area contributed by atoms with Crippen LogP contribution in [0.4, 0.5) is 0 Å². The highest BCUT2D eigenvalue weighted by Gasteiger charge is 2.09. The van der Waals surface area contributed by atoms with Crippen molar-refractivity contribution in [1.29, 1.82) is 0 Å². The summed E-state index contributed by atoms with van der Waals surface area (Å²) in [5, 5.41) is 7.79. The van der Waals surface area contributed by atoms with Gasteiger partial charge in [0.1, 0.15) is 5.82 Å². The van der Waals surface area contributed by atoms with E-state index in [0.29, 0.717) is 0 Å². The fraction of sp³-hybridized carbons (Fsp3) is 0.800. The first-order chi connectivity index (χ1) is 7.01. The van der Waals surface area contributed by atoms with Gasteiger partial charge in [-0.05, 0) is 20.8 Å². The summed E-state index contributed by atoms with van der Waals surface area (Å²) in [4.78, 5) is 4.30. The molecule has 1 heterocycles. The Hall–Kier alpha value is -0.550. The van der Waals surface area contributed by atoms with Crippen molar-refractivity contribution in [2.45, 2.75) is 44.9 Å². The second-order valence-electron chi connectivity index (χ2n) is 4.23.